The number of nitrogen functional groups attached to an aromatic ring is 1. The van der Waals surface area contributed by atoms with Crippen LogP contribution in [0.4, 0.5) is 5.69 Å². The van der Waals surface area contributed by atoms with E-state index < -0.39 is 0 Å². The van der Waals surface area contributed by atoms with E-state index in [1.165, 1.54) is 6.42 Å². The van der Waals surface area contributed by atoms with Crippen LogP contribution in [0.3, 0.4) is 0 Å². The highest BCUT2D eigenvalue weighted by molar-refractivity contribution is 5.43. The van der Waals surface area contributed by atoms with Gasteiger partial charge in [-0.25, -0.2) is 0 Å². The quantitative estimate of drug-likeness (QED) is 0.752. The molecule has 17 heavy (non-hydrogen) atoms. The molecule has 0 radical (unpaired) electrons. The lowest BCUT2D eigenvalue weighted by atomic mass is 10.2. The van der Waals surface area contributed by atoms with Crippen molar-refractivity contribution in [2.75, 3.05) is 32.0 Å². The van der Waals surface area contributed by atoms with E-state index in [2.05, 4.69) is 4.90 Å². The molecule has 1 heterocycles. The molecule has 0 aliphatic carbocycles. The van der Waals surface area contributed by atoms with E-state index in [0.717, 1.165) is 30.9 Å². The van der Waals surface area contributed by atoms with Crippen molar-refractivity contribution in [1.82, 2.24) is 4.90 Å². The molecule has 1 aromatic carbocycles. The molecule has 1 fully saturated rings. The lowest BCUT2D eigenvalue weighted by Crippen LogP contribution is -2.35. The summed E-state index contributed by atoms with van der Waals surface area (Å²) in [5.74, 6) is 0.810. The van der Waals surface area contributed by atoms with Crippen LogP contribution in [0.15, 0.2) is 24.3 Å². The van der Waals surface area contributed by atoms with Gasteiger partial charge in [0.2, 0.25) is 0 Å². The van der Waals surface area contributed by atoms with Crippen molar-refractivity contribution in [2.24, 2.45) is 0 Å². The fourth-order valence-corrected chi connectivity index (χ4v) is 2.28. The minimum absolute atomic E-state index is 0.248. The van der Waals surface area contributed by atoms with Crippen LogP contribution in [-0.4, -0.2) is 42.4 Å². The molecule has 1 aliphatic heterocycles. The zero-order chi connectivity index (χ0) is 12.1. The average molecular weight is 236 g/mol. The van der Waals surface area contributed by atoms with Gasteiger partial charge in [0.15, 0.2) is 0 Å². The summed E-state index contributed by atoms with van der Waals surface area (Å²) in [6.45, 7) is 2.81. The van der Waals surface area contributed by atoms with Gasteiger partial charge < -0.3 is 15.6 Å². The van der Waals surface area contributed by atoms with Crippen LogP contribution >= 0.6 is 0 Å². The number of aliphatic hydroxyl groups is 1. The molecule has 0 aromatic heterocycles. The van der Waals surface area contributed by atoms with E-state index in [9.17, 15) is 5.11 Å². The number of ether oxygens (including phenoxy) is 1. The Labute approximate surface area is 102 Å². The van der Waals surface area contributed by atoms with Crippen molar-refractivity contribution in [3.8, 4) is 5.75 Å². The lowest BCUT2D eigenvalue weighted by Gasteiger charge is -2.22. The predicted molar refractivity (Wildman–Crippen MR) is 68.0 cm³/mol. The topological polar surface area (TPSA) is 58.7 Å². The molecule has 1 unspecified atom stereocenters. The summed E-state index contributed by atoms with van der Waals surface area (Å²) in [5, 5.41) is 9.19. The second-order valence-corrected chi connectivity index (χ2v) is 4.44. The SMILES string of the molecule is Nc1cccc(OCCN2CCCC2CO)c1. The number of anilines is 1. The summed E-state index contributed by atoms with van der Waals surface area (Å²) in [6, 6.07) is 7.78. The highest BCUT2D eigenvalue weighted by Crippen LogP contribution is 2.17. The van der Waals surface area contributed by atoms with Crippen LogP contribution in [0.2, 0.25) is 0 Å². The highest BCUT2D eigenvalue weighted by Gasteiger charge is 2.22. The molecule has 1 aromatic rings. The predicted octanol–water partition coefficient (Wildman–Crippen LogP) is 1.10. The zero-order valence-electron chi connectivity index (χ0n) is 10.0. The Balaban J connectivity index is 1.76. The fourth-order valence-electron chi connectivity index (χ4n) is 2.28. The Morgan fingerprint density at radius 2 is 2.35 bits per heavy atom. The fraction of sp³-hybridized carbons (Fsp3) is 0.538. The molecule has 4 nitrogen and oxygen atoms in total. The second kappa shape index (κ2) is 5.89. The van der Waals surface area contributed by atoms with Crippen molar-refractivity contribution in [3.05, 3.63) is 24.3 Å². The first-order valence-electron chi connectivity index (χ1n) is 6.13. The van der Waals surface area contributed by atoms with Gasteiger partial charge in [-0.05, 0) is 31.5 Å². The number of aliphatic hydroxyl groups excluding tert-OH is 1. The van der Waals surface area contributed by atoms with Crippen LogP contribution in [0.5, 0.6) is 5.75 Å². The van der Waals surface area contributed by atoms with Crippen molar-refractivity contribution in [1.29, 1.82) is 0 Å². The van der Waals surface area contributed by atoms with Crippen molar-refractivity contribution < 1.29 is 9.84 Å². The van der Waals surface area contributed by atoms with Crippen LogP contribution in [0.1, 0.15) is 12.8 Å². The van der Waals surface area contributed by atoms with Gasteiger partial charge in [0.1, 0.15) is 12.4 Å². The van der Waals surface area contributed by atoms with Gasteiger partial charge in [-0.3, -0.25) is 4.90 Å². The molecule has 1 saturated heterocycles. The molecule has 0 bridgehead atoms. The molecule has 1 aliphatic rings. The van der Waals surface area contributed by atoms with Crippen LogP contribution < -0.4 is 10.5 Å². The van der Waals surface area contributed by atoms with Gasteiger partial charge in [-0.2, -0.15) is 0 Å². The summed E-state index contributed by atoms with van der Waals surface area (Å²) in [4.78, 5) is 2.28. The number of hydrogen-bond donors (Lipinski definition) is 2. The zero-order valence-corrected chi connectivity index (χ0v) is 10.0. The van der Waals surface area contributed by atoms with E-state index >= 15 is 0 Å². The Morgan fingerprint density at radius 1 is 1.47 bits per heavy atom. The first-order valence-corrected chi connectivity index (χ1v) is 6.13. The molecular weight excluding hydrogens is 216 g/mol. The number of benzene rings is 1. The van der Waals surface area contributed by atoms with Gasteiger partial charge in [0.05, 0.1) is 6.61 Å². The number of likely N-dealkylation sites (tertiary alicyclic amines) is 1. The van der Waals surface area contributed by atoms with Crippen molar-refractivity contribution >= 4 is 5.69 Å². The van der Waals surface area contributed by atoms with E-state index in [0.29, 0.717) is 12.6 Å². The number of nitrogens with two attached hydrogens (primary N) is 1. The molecule has 0 amide bonds. The Bertz CT molecular complexity index is 357. The van der Waals surface area contributed by atoms with E-state index in [1.807, 2.05) is 24.3 Å². The molecule has 3 N–H and O–H groups in total. The number of rotatable bonds is 5. The van der Waals surface area contributed by atoms with Gasteiger partial charge in [-0.15, -0.1) is 0 Å². The minimum atomic E-state index is 0.248. The molecule has 94 valence electrons. The smallest absolute Gasteiger partial charge is 0.121 e. The van der Waals surface area contributed by atoms with E-state index in [-0.39, 0.29) is 6.61 Å². The van der Waals surface area contributed by atoms with E-state index in [1.54, 1.807) is 0 Å². The van der Waals surface area contributed by atoms with E-state index in [4.69, 9.17) is 10.5 Å². The maximum Gasteiger partial charge on any atom is 0.121 e. The Hall–Kier alpha value is -1.26. The minimum Gasteiger partial charge on any atom is -0.492 e. The largest absolute Gasteiger partial charge is 0.492 e. The summed E-state index contributed by atoms with van der Waals surface area (Å²) < 4.78 is 5.64. The van der Waals surface area contributed by atoms with Crippen LogP contribution in [0, 0.1) is 0 Å². The molecule has 0 saturated carbocycles. The van der Waals surface area contributed by atoms with Gasteiger partial charge in [0.25, 0.3) is 0 Å². The van der Waals surface area contributed by atoms with Crippen LogP contribution in [0.25, 0.3) is 0 Å². The summed E-state index contributed by atoms with van der Waals surface area (Å²) in [6.07, 6.45) is 2.26. The standard InChI is InChI=1S/C13H20N2O2/c14-11-3-1-5-13(9-11)17-8-7-15-6-2-4-12(15)10-16/h1,3,5,9,12,16H,2,4,6-8,10,14H2. The van der Waals surface area contributed by atoms with Crippen molar-refractivity contribution in [3.63, 3.8) is 0 Å². The van der Waals surface area contributed by atoms with Crippen molar-refractivity contribution in [2.45, 2.75) is 18.9 Å². The molecule has 4 heteroatoms. The maximum absolute atomic E-state index is 9.19. The third-order valence-corrected chi connectivity index (χ3v) is 3.22. The van der Waals surface area contributed by atoms with Crippen LogP contribution in [-0.2, 0) is 0 Å². The second-order valence-electron chi connectivity index (χ2n) is 4.44. The maximum atomic E-state index is 9.19. The first kappa shape index (κ1) is 12.2. The normalized spacial score (nSPS) is 20.6. The lowest BCUT2D eigenvalue weighted by molar-refractivity contribution is 0.139. The molecular formula is C13H20N2O2. The van der Waals surface area contributed by atoms with Gasteiger partial charge >= 0.3 is 0 Å². The van der Waals surface area contributed by atoms with Gasteiger partial charge in [-0.1, -0.05) is 6.07 Å². The molecule has 0 spiro atoms. The number of nitrogens with zero attached hydrogens (tertiary/aromatic N) is 1. The third-order valence-electron chi connectivity index (χ3n) is 3.22. The summed E-state index contributed by atoms with van der Waals surface area (Å²) in [5.41, 5.74) is 6.39. The molecule has 2 rings (SSSR count). The summed E-state index contributed by atoms with van der Waals surface area (Å²) >= 11 is 0. The Kier molecular flexibility index (Phi) is 4.23. The summed E-state index contributed by atoms with van der Waals surface area (Å²) in [7, 11) is 0. The first-order chi connectivity index (χ1) is 8.29. The number of hydrogen-bond acceptors (Lipinski definition) is 4. The third kappa shape index (κ3) is 3.35. The Morgan fingerprint density at radius 3 is 3.12 bits per heavy atom. The average Bonchev–Trinajstić information content (AvgIpc) is 2.77. The molecule has 1 atom stereocenters. The highest BCUT2D eigenvalue weighted by atomic mass is 16.5. The van der Waals surface area contributed by atoms with Gasteiger partial charge in [0, 0.05) is 24.3 Å². The monoisotopic (exact) mass is 236 g/mol.